The first-order valence-corrected chi connectivity index (χ1v) is 6.58. The zero-order valence-corrected chi connectivity index (χ0v) is 11.9. The van der Waals surface area contributed by atoms with Crippen LogP contribution in [0, 0.1) is 16.7 Å². The van der Waals surface area contributed by atoms with Gasteiger partial charge in [-0.25, -0.2) is 0 Å². The summed E-state index contributed by atoms with van der Waals surface area (Å²) in [6, 6.07) is 0. The Labute approximate surface area is 101 Å². The van der Waals surface area contributed by atoms with E-state index in [9.17, 15) is 4.79 Å². The Morgan fingerprint density at radius 1 is 1.33 bits per heavy atom. The first-order chi connectivity index (χ1) is 6.75. The maximum atomic E-state index is 11.6. The van der Waals surface area contributed by atoms with Crippen LogP contribution in [0.2, 0.25) is 0 Å². The number of hydrogen-bond acceptors (Lipinski definition) is 1. The lowest BCUT2D eigenvalue weighted by molar-refractivity contribution is -0.120. The average molecular weight is 276 g/mol. The second kappa shape index (κ2) is 4.08. The number of alkyl halides is 1. The lowest BCUT2D eigenvalue weighted by Crippen LogP contribution is -2.33. The fourth-order valence-electron chi connectivity index (χ4n) is 2.34. The zero-order chi connectivity index (χ0) is 11.9. The largest absolute Gasteiger partial charge is 0.355 e. The Hall–Kier alpha value is -0.0500. The van der Waals surface area contributed by atoms with E-state index in [1.54, 1.807) is 0 Å². The molecule has 3 heteroatoms. The highest BCUT2D eigenvalue weighted by Crippen LogP contribution is 2.67. The van der Waals surface area contributed by atoms with Gasteiger partial charge < -0.3 is 5.32 Å². The number of halogens is 1. The molecule has 0 heterocycles. The fraction of sp³-hybridized carbons (Fsp3) is 0.917. The summed E-state index contributed by atoms with van der Waals surface area (Å²) >= 11 is 3.36. The molecule has 0 spiro atoms. The molecule has 1 aliphatic carbocycles. The summed E-state index contributed by atoms with van der Waals surface area (Å²) < 4.78 is 0. The van der Waals surface area contributed by atoms with E-state index in [0.717, 1.165) is 13.0 Å². The number of carbonyl (C=O) groups excluding carboxylic acids is 1. The Morgan fingerprint density at radius 2 is 1.80 bits per heavy atom. The van der Waals surface area contributed by atoms with Gasteiger partial charge in [-0.05, 0) is 23.2 Å². The van der Waals surface area contributed by atoms with Crippen molar-refractivity contribution < 1.29 is 4.79 Å². The molecule has 1 unspecified atom stereocenters. The number of rotatable bonds is 4. The van der Waals surface area contributed by atoms with Crippen LogP contribution in [0.25, 0.3) is 0 Å². The summed E-state index contributed by atoms with van der Waals surface area (Å²) in [6.45, 7) is 11.9. The van der Waals surface area contributed by atoms with Crippen LogP contribution in [0.1, 0.15) is 41.0 Å². The molecule has 0 radical (unpaired) electrons. The molecule has 0 aromatic rings. The van der Waals surface area contributed by atoms with Gasteiger partial charge in [-0.15, -0.1) is 0 Å². The molecule has 88 valence electrons. The minimum atomic E-state index is -0.0394. The molecule has 0 aromatic carbocycles. The van der Waals surface area contributed by atoms with Crippen LogP contribution in [0.4, 0.5) is 0 Å². The quantitative estimate of drug-likeness (QED) is 0.786. The molecule has 0 aliphatic heterocycles. The molecule has 1 rings (SSSR count). The van der Waals surface area contributed by atoms with Gasteiger partial charge in [0.15, 0.2) is 0 Å². The van der Waals surface area contributed by atoms with Crippen molar-refractivity contribution in [2.45, 2.75) is 45.9 Å². The van der Waals surface area contributed by atoms with Gasteiger partial charge in [0.2, 0.25) is 5.91 Å². The minimum absolute atomic E-state index is 0.0394. The molecule has 1 saturated carbocycles. The van der Waals surface area contributed by atoms with E-state index in [1.165, 1.54) is 0 Å². The first kappa shape index (κ1) is 13.0. The predicted molar refractivity (Wildman–Crippen MR) is 67.1 cm³/mol. The van der Waals surface area contributed by atoms with Gasteiger partial charge in [0, 0.05) is 6.54 Å². The summed E-state index contributed by atoms with van der Waals surface area (Å²) in [6.07, 6.45) is 0.837. The molecular formula is C12H22BrNO. The second-order valence-electron chi connectivity index (χ2n) is 5.62. The topological polar surface area (TPSA) is 29.1 Å². The molecule has 1 atom stereocenters. The molecule has 1 fully saturated rings. The molecule has 15 heavy (non-hydrogen) atoms. The van der Waals surface area contributed by atoms with Crippen LogP contribution >= 0.6 is 15.9 Å². The number of hydrogen-bond donors (Lipinski definition) is 1. The second-order valence-corrected chi connectivity index (χ2v) is 6.72. The SMILES string of the molecule is CCC(Br)C(=O)NCC1C(C)(C)C1(C)C. The zero-order valence-electron chi connectivity index (χ0n) is 10.4. The van der Waals surface area contributed by atoms with Crippen LogP contribution in [-0.2, 0) is 4.79 Å². The Morgan fingerprint density at radius 3 is 2.13 bits per heavy atom. The summed E-state index contributed by atoms with van der Waals surface area (Å²) in [7, 11) is 0. The highest BCUT2D eigenvalue weighted by Gasteiger charge is 2.64. The van der Waals surface area contributed by atoms with Gasteiger partial charge in [0.05, 0.1) is 4.83 Å². The van der Waals surface area contributed by atoms with Crippen molar-refractivity contribution in [1.82, 2.24) is 5.32 Å². The molecular weight excluding hydrogens is 254 g/mol. The predicted octanol–water partition coefficient (Wildman–Crippen LogP) is 2.96. The third-order valence-electron chi connectivity index (χ3n) is 4.44. The van der Waals surface area contributed by atoms with Crippen molar-refractivity contribution >= 4 is 21.8 Å². The average Bonchev–Trinajstić information content (AvgIpc) is 2.53. The van der Waals surface area contributed by atoms with Crippen molar-refractivity contribution in [3.05, 3.63) is 0 Å². The first-order valence-electron chi connectivity index (χ1n) is 5.67. The van der Waals surface area contributed by atoms with E-state index in [-0.39, 0.29) is 10.7 Å². The summed E-state index contributed by atoms with van der Waals surface area (Å²) in [4.78, 5) is 11.5. The molecule has 0 saturated heterocycles. The Balaban J connectivity index is 2.38. The number of carbonyl (C=O) groups is 1. The van der Waals surface area contributed by atoms with Crippen molar-refractivity contribution in [3.63, 3.8) is 0 Å². The fourth-order valence-corrected chi connectivity index (χ4v) is 2.50. The Bertz CT molecular complexity index is 246. The van der Waals surface area contributed by atoms with Gasteiger partial charge in [0.1, 0.15) is 0 Å². The molecule has 2 nitrogen and oxygen atoms in total. The van der Waals surface area contributed by atoms with Crippen LogP contribution in [0.15, 0.2) is 0 Å². The highest BCUT2D eigenvalue weighted by molar-refractivity contribution is 9.10. The van der Waals surface area contributed by atoms with Crippen molar-refractivity contribution in [2.75, 3.05) is 6.54 Å². The summed E-state index contributed by atoms with van der Waals surface area (Å²) in [5, 5.41) is 3.02. The van der Waals surface area contributed by atoms with Crippen LogP contribution in [-0.4, -0.2) is 17.3 Å². The summed E-state index contributed by atoms with van der Waals surface area (Å²) in [5.41, 5.74) is 0.711. The maximum absolute atomic E-state index is 11.6. The standard InChI is InChI=1S/C12H22BrNO/c1-6-8(13)10(15)14-7-9-11(2,3)12(9,4)5/h8-9H,6-7H2,1-5H3,(H,14,15). The maximum Gasteiger partial charge on any atom is 0.233 e. The van der Waals surface area contributed by atoms with Crippen LogP contribution in [0.3, 0.4) is 0 Å². The number of amides is 1. The van der Waals surface area contributed by atoms with Crippen molar-refractivity contribution in [2.24, 2.45) is 16.7 Å². The molecule has 1 aliphatic rings. The van der Waals surface area contributed by atoms with Crippen LogP contribution < -0.4 is 5.32 Å². The van der Waals surface area contributed by atoms with E-state index in [2.05, 4.69) is 48.9 Å². The van der Waals surface area contributed by atoms with E-state index in [1.807, 2.05) is 6.92 Å². The minimum Gasteiger partial charge on any atom is -0.355 e. The molecule has 1 amide bonds. The van der Waals surface area contributed by atoms with Gasteiger partial charge in [-0.2, -0.15) is 0 Å². The van der Waals surface area contributed by atoms with E-state index < -0.39 is 0 Å². The van der Waals surface area contributed by atoms with Gasteiger partial charge in [-0.3, -0.25) is 4.79 Å². The Kier molecular flexibility index (Phi) is 3.54. The monoisotopic (exact) mass is 275 g/mol. The third kappa shape index (κ3) is 2.22. The van der Waals surface area contributed by atoms with E-state index >= 15 is 0 Å². The number of nitrogens with one attached hydrogen (secondary N) is 1. The molecule has 0 bridgehead atoms. The third-order valence-corrected chi connectivity index (χ3v) is 5.51. The van der Waals surface area contributed by atoms with Crippen LogP contribution in [0.5, 0.6) is 0 Å². The van der Waals surface area contributed by atoms with Crippen molar-refractivity contribution in [1.29, 1.82) is 0 Å². The normalized spacial score (nSPS) is 24.7. The highest BCUT2D eigenvalue weighted by atomic mass is 79.9. The van der Waals surface area contributed by atoms with Gasteiger partial charge in [-0.1, -0.05) is 50.5 Å². The summed E-state index contributed by atoms with van der Waals surface area (Å²) in [5.74, 6) is 0.724. The lowest BCUT2D eigenvalue weighted by atomic mass is 10.0. The lowest BCUT2D eigenvalue weighted by Gasteiger charge is -2.09. The molecule has 0 aromatic heterocycles. The van der Waals surface area contributed by atoms with E-state index in [0.29, 0.717) is 16.7 Å². The van der Waals surface area contributed by atoms with Gasteiger partial charge in [0.25, 0.3) is 0 Å². The van der Waals surface area contributed by atoms with E-state index in [4.69, 9.17) is 0 Å². The van der Waals surface area contributed by atoms with Gasteiger partial charge >= 0.3 is 0 Å². The molecule has 1 N–H and O–H groups in total. The van der Waals surface area contributed by atoms with Crippen molar-refractivity contribution in [3.8, 4) is 0 Å². The smallest absolute Gasteiger partial charge is 0.233 e.